The Kier molecular flexibility index (Phi) is 3.79. The third-order valence-electron chi connectivity index (χ3n) is 3.68. The first kappa shape index (κ1) is 12.5. The van der Waals surface area contributed by atoms with Gasteiger partial charge in [-0.1, -0.05) is 25.1 Å². The minimum Gasteiger partial charge on any atom is -0.197 e. The molecule has 0 bridgehead atoms. The number of rotatable bonds is 2. The quantitative estimate of drug-likeness (QED) is 0.762. The molecule has 1 aromatic carbocycles. The zero-order chi connectivity index (χ0) is 12.3. The molecule has 0 radical (unpaired) electrons. The number of nitriles is 1. The molecule has 1 saturated carbocycles. The SMILES string of the molecule is Cc1ccccc1SC1(C#N)CCC(C)CC1. The van der Waals surface area contributed by atoms with Gasteiger partial charge in [0.05, 0.1) is 6.07 Å². The van der Waals surface area contributed by atoms with E-state index in [4.69, 9.17) is 0 Å². The molecule has 2 heteroatoms. The maximum Gasteiger partial charge on any atom is 0.107 e. The molecule has 0 aromatic heterocycles. The Labute approximate surface area is 108 Å². The summed E-state index contributed by atoms with van der Waals surface area (Å²) in [6.45, 7) is 4.42. The van der Waals surface area contributed by atoms with Crippen molar-refractivity contribution >= 4 is 11.8 Å². The van der Waals surface area contributed by atoms with Crippen LogP contribution in [-0.2, 0) is 0 Å². The van der Waals surface area contributed by atoms with E-state index in [1.54, 1.807) is 11.8 Å². The fourth-order valence-corrected chi connectivity index (χ4v) is 3.63. The lowest BCUT2D eigenvalue weighted by Gasteiger charge is -2.33. The van der Waals surface area contributed by atoms with Crippen LogP contribution < -0.4 is 0 Å². The summed E-state index contributed by atoms with van der Waals surface area (Å²) in [4.78, 5) is 1.27. The molecule has 0 heterocycles. The topological polar surface area (TPSA) is 23.8 Å². The lowest BCUT2D eigenvalue weighted by molar-refractivity contribution is 0.358. The third-order valence-corrected chi connectivity index (χ3v) is 5.25. The van der Waals surface area contributed by atoms with Gasteiger partial charge < -0.3 is 0 Å². The highest BCUT2D eigenvalue weighted by Crippen LogP contribution is 2.45. The van der Waals surface area contributed by atoms with Gasteiger partial charge in [0.25, 0.3) is 0 Å². The van der Waals surface area contributed by atoms with Crippen molar-refractivity contribution in [3.63, 3.8) is 0 Å². The largest absolute Gasteiger partial charge is 0.197 e. The Morgan fingerprint density at radius 1 is 1.29 bits per heavy atom. The second-order valence-electron chi connectivity index (χ2n) is 5.16. The molecule has 0 amide bonds. The summed E-state index contributed by atoms with van der Waals surface area (Å²) < 4.78 is -0.182. The standard InChI is InChI=1S/C15H19NS/c1-12-7-9-15(11-16,10-8-12)17-14-6-4-3-5-13(14)2/h3-6,12H,7-10H2,1-2H3. The molecule has 0 aliphatic heterocycles. The highest BCUT2D eigenvalue weighted by molar-refractivity contribution is 8.01. The van der Waals surface area contributed by atoms with Crippen LogP contribution in [0.5, 0.6) is 0 Å². The second-order valence-corrected chi connectivity index (χ2v) is 6.58. The first-order valence-corrected chi connectivity index (χ1v) is 7.13. The fourth-order valence-electron chi connectivity index (χ4n) is 2.35. The van der Waals surface area contributed by atoms with Gasteiger partial charge in [-0.05, 0) is 50.2 Å². The van der Waals surface area contributed by atoms with Crippen molar-refractivity contribution in [2.45, 2.75) is 49.2 Å². The highest BCUT2D eigenvalue weighted by atomic mass is 32.2. The number of thioether (sulfide) groups is 1. The van der Waals surface area contributed by atoms with Gasteiger partial charge in [0, 0.05) is 4.90 Å². The predicted octanol–water partition coefficient (Wildman–Crippen LogP) is 4.56. The zero-order valence-corrected chi connectivity index (χ0v) is 11.4. The normalized spacial score (nSPS) is 28.6. The van der Waals surface area contributed by atoms with Crippen molar-refractivity contribution in [3.05, 3.63) is 29.8 Å². The van der Waals surface area contributed by atoms with Crippen molar-refractivity contribution in [2.24, 2.45) is 5.92 Å². The number of nitrogens with zero attached hydrogens (tertiary/aromatic N) is 1. The van der Waals surface area contributed by atoms with E-state index >= 15 is 0 Å². The lowest BCUT2D eigenvalue weighted by Crippen LogP contribution is -2.28. The van der Waals surface area contributed by atoms with Crippen LogP contribution in [0.4, 0.5) is 0 Å². The molecule has 1 fully saturated rings. The molecule has 1 aliphatic rings. The number of hydrogen-bond donors (Lipinski definition) is 0. The summed E-state index contributed by atoms with van der Waals surface area (Å²) in [5.74, 6) is 0.786. The fraction of sp³-hybridized carbons (Fsp3) is 0.533. The van der Waals surface area contributed by atoms with E-state index < -0.39 is 0 Å². The van der Waals surface area contributed by atoms with E-state index in [1.165, 1.54) is 23.3 Å². The minimum atomic E-state index is -0.182. The third kappa shape index (κ3) is 2.84. The van der Waals surface area contributed by atoms with E-state index in [0.717, 1.165) is 18.8 Å². The summed E-state index contributed by atoms with van der Waals surface area (Å²) in [6.07, 6.45) is 4.44. The van der Waals surface area contributed by atoms with Crippen LogP contribution in [0.1, 0.15) is 38.2 Å². The molecular weight excluding hydrogens is 226 g/mol. The van der Waals surface area contributed by atoms with E-state index in [2.05, 4.69) is 44.2 Å². The van der Waals surface area contributed by atoms with Gasteiger partial charge in [-0.15, -0.1) is 11.8 Å². The van der Waals surface area contributed by atoms with Crippen LogP contribution in [0.25, 0.3) is 0 Å². The molecule has 1 nitrogen and oxygen atoms in total. The van der Waals surface area contributed by atoms with Crippen LogP contribution in [0.3, 0.4) is 0 Å². The maximum atomic E-state index is 9.51. The number of benzene rings is 1. The zero-order valence-electron chi connectivity index (χ0n) is 10.6. The van der Waals surface area contributed by atoms with Crippen LogP contribution in [0.15, 0.2) is 29.2 Å². The van der Waals surface area contributed by atoms with Gasteiger partial charge in [-0.3, -0.25) is 0 Å². The van der Waals surface area contributed by atoms with Crippen molar-refractivity contribution in [1.29, 1.82) is 5.26 Å². The molecule has 0 unspecified atom stereocenters. The van der Waals surface area contributed by atoms with Crippen molar-refractivity contribution in [1.82, 2.24) is 0 Å². The Morgan fingerprint density at radius 2 is 1.94 bits per heavy atom. The lowest BCUT2D eigenvalue weighted by atomic mass is 9.83. The summed E-state index contributed by atoms with van der Waals surface area (Å²) in [7, 11) is 0. The molecule has 17 heavy (non-hydrogen) atoms. The molecular formula is C15H19NS. The summed E-state index contributed by atoms with van der Waals surface area (Å²) in [6, 6.07) is 11.0. The molecule has 1 aromatic rings. The van der Waals surface area contributed by atoms with E-state index in [-0.39, 0.29) is 4.75 Å². The van der Waals surface area contributed by atoms with Crippen molar-refractivity contribution < 1.29 is 0 Å². The molecule has 0 atom stereocenters. The van der Waals surface area contributed by atoms with Gasteiger partial charge in [-0.25, -0.2) is 0 Å². The van der Waals surface area contributed by atoms with Gasteiger partial charge in [0.2, 0.25) is 0 Å². The Bertz CT molecular complexity index is 425. The molecule has 90 valence electrons. The smallest absolute Gasteiger partial charge is 0.107 e. The summed E-state index contributed by atoms with van der Waals surface area (Å²) in [5, 5.41) is 9.51. The van der Waals surface area contributed by atoms with Gasteiger partial charge in [0.15, 0.2) is 0 Å². The first-order chi connectivity index (χ1) is 8.15. The Morgan fingerprint density at radius 3 is 2.53 bits per heavy atom. The Hall–Kier alpha value is -0.940. The van der Waals surface area contributed by atoms with Gasteiger partial charge in [0.1, 0.15) is 4.75 Å². The first-order valence-electron chi connectivity index (χ1n) is 6.31. The number of hydrogen-bond acceptors (Lipinski definition) is 2. The highest BCUT2D eigenvalue weighted by Gasteiger charge is 2.35. The summed E-state index contributed by atoms with van der Waals surface area (Å²) in [5.41, 5.74) is 1.28. The predicted molar refractivity (Wildman–Crippen MR) is 73.0 cm³/mol. The van der Waals surface area contributed by atoms with Gasteiger partial charge in [-0.2, -0.15) is 5.26 Å². The van der Waals surface area contributed by atoms with Crippen molar-refractivity contribution in [2.75, 3.05) is 0 Å². The van der Waals surface area contributed by atoms with Crippen LogP contribution in [0, 0.1) is 24.2 Å². The van der Waals surface area contributed by atoms with E-state index in [9.17, 15) is 5.26 Å². The molecule has 0 saturated heterocycles. The minimum absolute atomic E-state index is 0.182. The van der Waals surface area contributed by atoms with Crippen LogP contribution >= 0.6 is 11.8 Å². The van der Waals surface area contributed by atoms with Crippen molar-refractivity contribution in [3.8, 4) is 6.07 Å². The number of aryl methyl sites for hydroxylation is 1. The Balaban J connectivity index is 2.16. The maximum absolute atomic E-state index is 9.51. The van der Waals surface area contributed by atoms with Crippen LogP contribution in [0.2, 0.25) is 0 Å². The second kappa shape index (κ2) is 5.14. The van der Waals surface area contributed by atoms with Gasteiger partial charge >= 0.3 is 0 Å². The van der Waals surface area contributed by atoms with E-state index in [0.29, 0.717) is 0 Å². The monoisotopic (exact) mass is 245 g/mol. The molecule has 0 spiro atoms. The summed E-state index contributed by atoms with van der Waals surface area (Å²) >= 11 is 1.78. The van der Waals surface area contributed by atoms with Crippen LogP contribution in [-0.4, -0.2) is 4.75 Å². The average molecular weight is 245 g/mol. The molecule has 1 aliphatic carbocycles. The molecule has 0 N–H and O–H groups in total. The van der Waals surface area contributed by atoms with E-state index in [1.807, 2.05) is 0 Å². The molecule has 2 rings (SSSR count). The average Bonchev–Trinajstić information content (AvgIpc) is 2.35.